The topological polar surface area (TPSA) is 105 Å². The fourth-order valence-electron chi connectivity index (χ4n) is 4.49. The summed E-state index contributed by atoms with van der Waals surface area (Å²) >= 11 is 0. The van der Waals surface area contributed by atoms with Gasteiger partial charge < -0.3 is 14.8 Å². The van der Waals surface area contributed by atoms with E-state index >= 15 is 0 Å². The number of carbonyl (C=O) groups is 2. The van der Waals surface area contributed by atoms with Crippen LogP contribution in [0.5, 0.6) is 0 Å². The van der Waals surface area contributed by atoms with Crippen LogP contribution in [0.1, 0.15) is 44.3 Å². The van der Waals surface area contributed by atoms with Gasteiger partial charge in [-0.25, -0.2) is 13.4 Å². The largest absolute Gasteiger partial charge is 0.356 e. The second-order valence-electron chi connectivity index (χ2n) is 9.23. The van der Waals surface area contributed by atoms with Crippen LogP contribution >= 0.6 is 0 Å². The number of aryl methyl sites for hydroxylation is 2. The molecule has 3 aliphatic rings. The van der Waals surface area contributed by atoms with E-state index in [0.29, 0.717) is 50.8 Å². The molecule has 3 heterocycles. The number of rotatable bonds is 6. The van der Waals surface area contributed by atoms with Crippen molar-refractivity contribution in [3.05, 3.63) is 12.0 Å². The molecule has 10 heteroatoms. The van der Waals surface area contributed by atoms with Crippen molar-refractivity contribution in [2.24, 2.45) is 24.8 Å². The van der Waals surface area contributed by atoms with E-state index in [1.807, 2.05) is 4.90 Å². The lowest BCUT2D eigenvalue weighted by Crippen LogP contribution is -2.49. The quantitative estimate of drug-likeness (QED) is 0.692. The summed E-state index contributed by atoms with van der Waals surface area (Å²) in [6.45, 7) is 4.30. The third kappa shape index (κ3) is 4.95. The normalized spacial score (nSPS) is 23.7. The molecule has 0 spiro atoms. The highest BCUT2D eigenvalue weighted by Gasteiger charge is 2.37. The SMILES string of the molecule is Cc1nc(S(=O)(=O)N2CCC(C(=O)N3CCCC(C(=O)NCC4CC4)C3)CC2)cn1C. The monoisotopic (exact) mass is 451 g/mol. The van der Waals surface area contributed by atoms with Gasteiger partial charge in [0.25, 0.3) is 10.0 Å². The zero-order valence-corrected chi connectivity index (χ0v) is 19.2. The van der Waals surface area contributed by atoms with Crippen molar-refractivity contribution < 1.29 is 18.0 Å². The highest BCUT2D eigenvalue weighted by atomic mass is 32.2. The molecule has 9 nitrogen and oxygen atoms in total. The van der Waals surface area contributed by atoms with Crippen molar-refractivity contribution in [1.82, 2.24) is 24.1 Å². The maximum atomic E-state index is 13.1. The van der Waals surface area contributed by atoms with Crippen LogP contribution < -0.4 is 5.32 Å². The van der Waals surface area contributed by atoms with Crippen LogP contribution in [-0.2, 0) is 26.7 Å². The van der Waals surface area contributed by atoms with Crippen LogP contribution in [0.25, 0.3) is 0 Å². The number of amides is 2. The number of carbonyl (C=O) groups excluding carboxylic acids is 2. The number of piperidine rings is 2. The standard InChI is InChI=1S/C21H33N5O4S/c1-15-23-19(14-24(15)2)31(29,30)26-10-7-17(8-11-26)21(28)25-9-3-4-18(13-25)20(27)22-12-16-5-6-16/h14,16-18H,3-13H2,1-2H3,(H,22,27). The highest BCUT2D eigenvalue weighted by molar-refractivity contribution is 7.89. The minimum Gasteiger partial charge on any atom is -0.356 e. The van der Waals surface area contributed by atoms with Gasteiger partial charge in [0, 0.05) is 51.9 Å². The summed E-state index contributed by atoms with van der Waals surface area (Å²) in [5.74, 6) is 1.09. The lowest BCUT2D eigenvalue weighted by Gasteiger charge is -2.37. The van der Waals surface area contributed by atoms with Gasteiger partial charge in [-0.1, -0.05) is 0 Å². The van der Waals surface area contributed by atoms with Crippen LogP contribution in [0.3, 0.4) is 0 Å². The van der Waals surface area contributed by atoms with Crippen molar-refractivity contribution in [3.8, 4) is 0 Å². The molecule has 3 fully saturated rings. The second-order valence-corrected chi connectivity index (χ2v) is 11.1. The molecular weight excluding hydrogens is 418 g/mol. The van der Waals surface area contributed by atoms with Crippen LogP contribution in [0.15, 0.2) is 11.2 Å². The molecule has 172 valence electrons. The fraction of sp³-hybridized carbons (Fsp3) is 0.762. The van der Waals surface area contributed by atoms with E-state index in [9.17, 15) is 18.0 Å². The number of imidazole rings is 1. The summed E-state index contributed by atoms with van der Waals surface area (Å²) in [5.41, 5.74) is 0. The average molecular weight is 452 g/mol. The number of nitrogens with one attached hydrogen (secondary N) is 1. The summed E-state index contributed by atoms with van der Waals surface area (Å²) in [4.78, 5) is 31.5. The Bertz CT molecular complexity index is 912. The van der Waals surface area contributed by atoms with E-state index in [0.717, 1.165) is 19.4 Å². The lowest BCUT2D eigenvalue weighted by molar-refractivity contribution is -0.140. The fourth-order valence-corrected chi connectivity index (χ4v) is 5.98. The van der Waals surface area contributed by atoms with Gasteiger partial charge in [-0.15, -0.1) is 0 Å². The first kappa shape index (κ1) is 22.3. The first-order chi connectivity index (χ1) is 14.8. The van der Waals surface area contributed by atoms with Gasteiger partial charge in [-0.05, 0) is 51.4 Å². The van der Waals surface area contributed by atoms with Crippen LogP contribution in [0, 0.1) is 24.7 Å². The van der Waals surface area contributed by atoms with E-state index in [-0.39, 0.29) is 28.7 Å². The molecule has 1 atom stereocenters. The third-order valence-electron chi connectivity index (χ3n) is 6.86. The molecule has 2 saturated heterocycles. The number of hydrogen-bond acceptors (Lipinski definition) is 5. The smallest absolute Gasteiger partial charge is 0.262 e. The molecule has 1 unspecified atom stereocenters. The van der Waals surface area contributed by atoms with Gasteiger partial charge in [-0.3, -0.25) is 9.59 Å². The van der Waals surface area contributed by atoms with Gasteiger partial charge in [-0.2, -0.15) is 4.31 Å². The number of nitrogens with zero attached hydrogens (tertiary/aromatic N) is 4. The van der Waals surface area contributed by atoms with Crippen molar-refractivity contribution in [2.75, 3.05) is 32.7 Å². The van der Waals surface area contributed by atoms with Gasteiger partial charge in [0.1, 0.15) is 5.82 Å². The predicted molar refractivity (Wildman–Crippen MR) is 114 cm³/mol. The molecule has 1 aliphatic carbocycles. The van der Waals surface area contributed by atoms with Gasteiger partial charge in [0.15, 0.2) is 5.03 Å². The summed E-state index contributed by atoms with van der Waals surface area (Å²) < 4.78 is 28.9. The molecule has 1 saturated carbocycles. The predicted octanol–water partition coefficient (Wildman–Crippen LogP) is 0.894. The molecule has 2 amide bonds. The number of hydrogen-bond donors (Lipinski definition) is 1. The van der Waals surface area contributed by atoms with E-state index in [4.69, 9.17) is 0 Å². The molecule has 0 radical (unpaired) electrons. The minimum atomic E-state index is -3.64. The minimum absolute atomic E-state index is 0.0606. The first-order valence-corrected chi connectivity index (χ1v) is 12.8. The van der Waals surface area contributed by atoms with Crippen LogP contribution in [0.2, 0.25) is 0 Å². The molecule has 1 N–H and O–H groups in total. The number of likely N-dealkylation sites (tertiary alicyclic amines) is 1. The van der Waals surface area contributed by atoms with Crippen molar-refractivity contribution in [1.29, 1.82) is 0 Å². The van der Waals surface area contributed by atoms with Crippen LogP contribution in [0.4, 0.5) is 0 Å². The molecule has 4 rings (SSSR count). The summed E-state index contributed by atoms with van der Waals surface area (Å²) in [6.07, 6.45) is 6.58. The number of aromatic nitrogens is 2. The average Bonchev–Trinajstić information content (AvgIpc) is 3.54. The summed E-state index contributed by atoms with van der Waals surface area (Å²) in [7, 11) is -1.87. The maximum absolute atomic E-state index is 13.1. The Hall–Kier alpha value is -1.94. The second kappa shape index (κ2) is 8.90. The zero-order chi connectivity index (χ0) is 22.2. The molecule has 0 bridgehead atoms. The zero-order valence-electron chi connectivity index (χ0n) is 18.4. The van der Waals surface area contributed by atoms with Crippen molar-refractivity contribution >= 4 is 21.8 Å². The van der Waals surface area contributed by atoms with Crippen molar-refractivity contribution in [3.63, 3.8) is 0 Å². The van der Waals surface area contributed by atoms with Crippen molar-refractivity contribution in [2.45, 2.75) is 50.5 Å². The van der Waals surface area contributed by atoms with Crippen LogP contribution in [-0.4, -0.2) is 71.7 Å². The van der Waals surface area contributed by atoms with E-state index < -0.39 is 10.0 Å². The number of sulfonamides is 1. The molecule has 1 aromatic heterocycles. The molecular formula is C21H33N5O4S. The van der Waals surface area contributed by atoms with Gasteiger partial charge in [0.2, 0.25) is 11.8 Å². The maximum Gasteiger partial charge on any atom is 0.262 e. The van der Waals surface area contributed by atoms with E-state index in [1.54, 1.807) is 18.5 Å². The van der Waals surface area contributed by atoms with Gasteiger partial charge in [0.05, 0.1) is 5.92 Å². The molecule has 1 aromatic rings. The Morgan fingerprint density at radius 3 is 2.42 bits per heavy atom. The Kier molecular flexibility index (Phi) is 6.39. The Labute approximate surface area is 184 Å². The molecule has 2 aliphatic heterocycles. The highest BCUT2D eigenvalue weighted by Crippen LogP contribution is 2.29. The Morgan fingerprint density at radius 2 is 1.81 bits per heavy atom. The Balaban J connectivity index is 1.30. The summed E-state index contributed by atoms with van der Waals surface area (Å²) in [6, 6.07) is 0. The Morgan fingerprint density at radius 1 is 1.10 bits per heavy atom. The van der Waals surface area contributed by atoms with E-state index in [1.165, 1.54) is 23.3 Å². The van der Waals surface area contributed by atoms with Gasteiger partial charge >= 0.3 is 0 Å². The summed E-state index contributed by atoms with van der Waals surface area (Å²) in [5, 5.41) is 3.10. The third-order valence-corrected chi connectivity index (χ3v) is 8.63. The molecule has 0 aromatic carbocycles. The lowest BCUT2D eigenvalue weighted by atomic mass is 9.92. The molecule has 31 heavy (non-hydrogen) atoms. The first-order valence-electron chi connectivity index (χ1n) is 11.3. The van der Waals surface area contributed by atoms with E-state index in [2.05, 4.69) is 10.3 Å².